The summed E-state index contributed by atoms with van der Waals surface area (Å²) in [6.07, 6.45) is 4.72. The van der Waals surface area contributed by atoms with E-state index < -0.39 is 0 Å². The molecule has 0 saturated carbocycles. The Kier molecular flexibility index (Phi) is 4.66. The van der Waals surface area contributed by atoms with Gasteiger partial charge in [0.1, 0.15) is 11.6 Å². The lowest BCUT2D eigenvalue weighted by Gasteiger charge is -2.20. The summed E-state index contributed by atoms with van der Waals surface area (Å²) in [6.45, 7) is 11.4. The van der Waals surface area contributed by atoms with Crippen molar-refractivity contribution in [3.05, 3.63) is 28.3 Å². The molecule has 0 aromatic carbocycles. The molecule has 0 bridgehead atoms. The van der Waals surface area contributed by atoms with Crippen LogP contribution in [0.2, 0.25) is 0 Å². The largest absolute Gasteiger partial charge is 0.370 e. The summed E-state index contributed by atoms with van der Waals surface area (Å²) < 4.78 is 2.72. The van der Waals surface area contributed by atoms with E-state index in [1.54, 1.807) is 10.9 Å². The van der Waals surface area contributed by atoms with Gasteiger partial charge in [-0.3, -0.25) is 0 Å². The van der Waals surface area contributed by atoms with Gasteiger partial charge in [-0.15, -0.1) is 0 Å². The van der Waals surface area contributed by atoms with Crippen LogP contribution in [0.1, 0.15) is 45.5 Å². The summed E-state index contributed by atoms with van der Waals surface area (Å²) in [7, 11) is 0. The molecule has 5 nitrogen and oxygen atoms in total. The Bertz CT molecular complexity index is 627. The maximum atomic E-state index is 4.72. The lowest BCUT2D eigenvalue weighted by atomic mass is 9.95. The molecule has 0 aliphatic rings. The first-order valence-corrected chi connectivity index (χ1v) is 7.95. The van der Waals surface area contributed by atoms with E-state index in [0.29, 0.717) is 0 Å². The molecule has 0 atom stereocenters. The van der Waals surface area contributed by atoms with Crippen molar-refractivity contribution in [1.82, 2.24) is 19.7 Å². The number of rotatable bonds is 4. The lowest BCUT2D eigenvalue weighted by Crippen LogP contribution is -2.20. The molecular formula is C15H22BrN5. The first-order chi connectivity index (χ1) is 9.82. The number of anilines is 1. The van der Waals surface area contributed by atoms with Crippen LogP contribution >= 0.6 is 15.9 Å². The molecule has 2 heterocycles. The number of hydrogen-bond acceptors (Lipinski definition) is 4. The smallest absolute Gasteiger partial charge is 0.162 e. The minimum atomic E-state index is -0.116. The van der Waals surface area contributed by atoms with Gasteiger partial charge < -0.3 is 5.32 Å². The number of nitrogens with zero attached hydrogens (tertiary/aromatic N) is 4. The van der Waals surface area contributed by atoms with Crippen LogP contribution in [0.5, 0.6) is 0 Å². The van der Waals surface area contributed by atoms with Crippen molar-refractivity contribution in [1.29, 1.82) is 0 Å². The molecule has 6 heteroatoms. The van der Waals surface area contributed by atoms with E-state index in [9.17, 15) is 0 Å². The Labute approximate surface area is 134 Å². The third kappa shape index (κ3) is 3.61. The predicted molar refractivity (Wildman–Crippen MR) is 89.1 cm³/mol. The highest BCUT2D eigenvalue weighted by molar-refractivity contribution is 9.10. The molecule has 0 aliphatic heterocycles. The molecule has 0 saturated heterocycles. The zero-order valence-corrected chi connectivity index (χ0v) is 14.8. The maximum absolute atomic E-state index is 4.72. The third-order valence-electron chi connectivity index (χ3n) is 3.10. The minimum Gasteiger partial charge on any atom is -0.370 e. The highest BCUT2D eigenvalue weighted by Crippen LogP contribution is 2.26. The van der Waals surface area contributed by atoms with Gasteiger partial charge in [0.15, 0.2) is 5.82 Å². The van der Waals surface area contributed by atoms with Crippen LogP contribution in [0.3, 0.4) is 0 Å². The zero-order valence-electron chi connectivity index (χ0n) is 13.2. The van der Waals surface area contributed by atoms with Gasteiger partial charge in [-0.1, -0.05) is 27.7 Å². The summed E-state index contributed by atoms with van der Waals surface area (Å²) in [6, 6.07) is 0. The van der Waals surface area contributed by atoms with Crippen molar-refractivity contribution >= 4 is 21.7 Å². The molecule has 0 spiro atoms. The van der Waals surface area contributed by atoms with Crippen molar-refractivity contribution < 1.29 is 0 Å². The van der Waals surface area contributed by atoms with Gasteiger partial charge in [0.2, 0.25) is 0 Å². The summed E-state index contributed by atoms with van der Waals surface area (Å²) >= 11 is 3.43. The van der Waals surface area contributed by atoms with Gasteiger partial charge in [0.25, 0.3) is 0 Å². The maximum Gasteiger partial charge on any atom is 0.162 e. The van der Waals surface area contributed by atoms with Crippen molar-refractivity contribution in [3.8, 4) is 5.82 Å². The van der Waals surface area contributed by atoms with E-state index in [0.717, 1.165) is 40.5 Å². The second-order valence-electron chi connectivity index (χ2n) is 6.12. The molecule has 2 rings (SSSR count). The van der Waals surface area contributed by atoms with E-state index in [1.165, 1.54) is 0 Å². The monoisotopic (exact) mass is 351 g/mol. The van der Waals surface area contributed by atoms with Crippen molar-refractivity contribution in [2.45, 2.75) is 46.5 Å². The fourth-order valence-electron chi connectivity index (χ4n) is 1.90. The van der Waals surface area contributed by atoms with Crippen molar-refractivity contribution in [2.75, 3.05) is 11.9 Å². The summed E-state index contributed by atoms with van der Waals surface area (Å²) in [5, 5.41) is 7.73. The van der Waals surface area contributed by atoms with Crippen LogP contribution in [0.25, 0.3) is 5.82 Å². The molecule has 2 aromatic rings. The van der Waals surface area contributed by atoms with Crippen LogP contribution < -0.4 is 5.32 Å². The summed E-state index contributed by atoms with van der Waals surface area (Å²) in [5.74, 6) is 2.52. The Morgan fingerprint density at radius 3 is 2.52 bits per heavy atom. The highest BCUT2D eigenvalue weighted by atomic mass is 79.9. The van der Waals surface area contributed by atoms with Crippen molar-refractivity contribution in [3.63, 3.8) is 0 Å². The van der Waals surface area contributed by atoms with Crippen LogP contribution in [0, 0.1) is 6.92 Å². The van der Waals surface area contributed by atoms with Gasteiger partial charge >= 0.3 is 0 Å². The van der Waals surface area contributed by atoms with Gasteiger partial charge in [-0.05, 0) is 29.3 Å². The van der Waals surface area contributed by atoms with Crippen LogP contribution in [0.15, 0.2) is 16.9 Å². The molecular weight excluding hydrogens is 330 g/mol. The number of aromatic nitrogens is 4. The standard InChI is InChI=1S/C15H22BrN5/c1-6-7-17-12-10(2)13(21-9-11(16)8-18-21)20-14(19-12)15(3,4)5/h8-9H,6-7H2,1-5H3,(H,17,19,20). The number of halogens is 1. The molecule has 1 N–H and O–H groups in total. The minimum absolute atomic E-state index is 0.116. The molecule has 0 unspecified atom stereocenters. The molecule has 114 valence electrons. The molecule has 0 fully saturated rings. The third-order valence-corrected chi connectivity index (χ3v) is 3.51. The Morgan fingerprint density at radius 2 is 2.00 bits per heavy atom. The van der Waals surface area contributed by atoms with Crippen LogP contribution in [0.4, 0.5) is 5.82 Å². The van der Waals surface area contributed by atoms with E-state index >= 15 is 0 Å². The second-order valence-corrected chi connectivity index (χ2v) is 7.04. The molecule has 2 aromatic heterocycles. The van der Waals surface area contributed by atoms with Crippen molar-refractivity contribution in [2.24, 2.45) is 0 Å². The van der Waals surface area contributed by atoms with E-state index in [2.05, 4.69) is 54.0 Å². The quantitative estimate of drug-likeness (QED) is 0.908. The van der Waals surface area contributed by atoms with Crippen LogP contribution in [-0.2, 0) is 5.41 Å². The van der Waals surface area contributed by atoms with Gasteiger partial charge in [0.05, 0.1) is 10.7 Å². The fraction of sp³-hybridized carbons (Fsp3) is 0.533. The highest BCUT2D eigenvalue weighted by Gasteiger charge is 2.22. The topological polar surface area (TPSA) is 55.6 Å². The SMILES string of the molecule is CCCNc1nc(C(C)(C)C)nc(-n2cc(Br)cn2)c1C. The first-order valence-electron chi connectivity index (χ1n) is 7.16. The van der Waals surface area contributed by atoms with E-state index in [-0.39, 0.29) is 5.41 Å². The molecule has 21 heavy (non-hydrogen) atoms. The Hall–Kier alpha value is -1.43. The number of nitrogens with one attached hydrogen (secondary N) is 1. The Morgan fingerprint density at radius 1 is 1.29 bits per heavy atom. The van der Waals surface area contributed by atoms with Crippen LogP contribution in [-0.4, -0.2) is 26.3 Å². The second kappa shape index (κ2) is 6.13. The fourth-order valence-corrected chi connectivity index (χ4v) is 2.18. The van der Waals surface area contributed by atoms with E-state index in [4.69, 9.17) is 9.97 Å². The number of hydrogen-bond donors (Lipinski definition) is 1. The molecule has 0 amide bonds. The Balaban J connectivity index is 2.57. The normalized spacial score (nSPS) is 11.7. The molecule has 0 aliphatic carbocycles. The summed E-state index contributed by atoms with van der Waals surface area (Å²) in [4.78, 5) is 9.42. The lowest BCUT2D eigenvalue weighted by molar-refractivity contribution is 0.542. The zero-order chi connectivity index (χ0) is 15.6. The average molecular weight is 352 g/mol. The van der Waals surface area contributed by atoms with Gasteiger partial charge in [0, 0.05) is 23.7 Å². The average Bonchev–Trinajstić information content (AvgIpc) is 2.82. The molecule has 0 radical (unpaired) electrons. The predicted octanol–water partition coefficient (Wildman–Crippen LogP) is 3.85. The van der Waals surface area contributed by atoms with E-state index in [1.807, 2.05) is 13.1 Å². The van der Waals surface area contributed by atoms with Gasteiger partial charge in [-0.25, -0.2) is 14.6 Å². The summed E-state index contributed by atoms with van der Waals surface area (Å²) in [5.41, 5.74) is 0.891. The first kappa shape index (κ1) is 15.9. The van der Waals surface area contributed by atoms with Gasteiger partial charge in [-0.2, -0.15) is 5.10 Å².